The predicted molar refractivity (Wildman–Crippen MR) is 76.6 cm³/mol. The maximum absolute atomic E-state index is 12.0. The van der Waals surface area contributed by atoms with Crippen LogP contribution >= 0.6 is 15.9 Å². The van der Waals surface area contributed by atoms with Gasteiger partial charge in [0, 0.05) is 5.41 Å². The molecule has 0 amide bonds. The Morgan fingerprint density at radius 1 is 1.24 bits per heavy atom. The quantitative estimate of drug-likeness (QED) is 0.737. The average Bonchev–Trinajstić information content (AvgIpc) is 2.28. The number of halogens is 1. The van der Waals surface area contributed by atoms with Gasteiger partial charge in [-0.3, -0.25) is 4.79 Å². The van der Waals surface area contributed by atoms with Crippen LogP contribution in [0.25, 0.3) is 0 Å². The van der Waals surface area contributed by atoms with Gasteiger partial charge in [-0.1, -0.05) is 67.0 Å². The van der Waals surface area contributed by atoms with Gasteiger partial charge in [-0.2, -0.15) is 0 Å². The molecule has 17 heavy (non-hydrogen) atoms. The second kappa shape index (κ2) is 6.34. The van der Waals surface area contributed by atoms with E-state index < -0.39 is 0 Å². The fourth-order valence-electron chi connectivity index (χ4n) is 1.73. The molecule has 0 bridgehead atoms. The fraction of sp³-hybridized carbons (Fsp3) is 0.533. The van der Waals surface area contributed by atoms with Gasteiger partial charge in [-0.25, -0.2) is 0 Å². The van der Waals surface area contributed by atoms with Crippen LogP contribution in [-0.4, -0.2) is 10.6 Å². The Hall–Kier alpha value is -0.630. The highest BCUT2D eigenvalue weighted by Crippen LogP contribution is 2.23. The van der Waals surface area contributed by atoms with E-state index in [-0.39, 0.29) is 10.2 Å². The molecule has 0 heterocycles. The molecule has 1 aromatic rings. The molecule has 0 saturated heterocycles. The lowest BCUT2D eigenvalue weighted by molar-refractivity contribution is -0.125. The Labute approximate surface area is 113 Å². The Balaban J connectivity index is 2.35. The van der Waals surface area contributed by atoms with Crippen molar-refractivity contribution in [2.24, 2.45) is 5.41 Å². The van der Waals surface area contributed by atoms with Gasteiger partial charge < -0.3 is 0 Å². The molecule has 0 radical (unpaired) electrons. The number of rotatable bonds is 5. The Kier molecular flexibility index (Phi) is 5.38. The van der Waals surface area contributed by atoms with Gasteiger partial charge in [-0.05, 0) is 24.8 Å². The minimum absolute atomic E-state index is 0.00814. The van der Waals surface area contributed by atoms with Crippen molar-refractivity contribution in [3.63, 3.8) is 0 Å². The lowest BCUT2D eigenvalue weighted by Crippen LogP contribution is -2.28. The number of hydrogen-bond donors (Lipinski definition) is 0. The lowest BCUT2D eigenvalue weighted by Gasteiger charge is -2.20. The fourth-order valence-corrected chi connectivity index (χ4v) is 2.74. The topological polar surface area (TPSA) is 17.1 Å². The van der Waals surface area contributed by atoms with Gasteiger partial charge >= 0.3 is 0 Å². The highest BCUT2D eigenvalue weighted by atomic mass is 79.9. The first-order valence-electron chi connectivity index (χ1n) is 6.13. The molecule has 1 unspecified atom stereocenters. The summed E-state index contributed by atoms with van der Waals surface area (Å²) in [6.45, 7) is 5.92. The predicted octanol–water partition coefficient (Wildman–Crippen LogP) is 4.39. The molecule has 94 valence electrons. The first kappa shape index (κ1) is 14.4. The molecule has 0 aliphatic rings. The van der Waals surface area contributed by atoms with Crippen molar-refractivity contribution in [3.8, 4) is 0 Å². The number of Topliss-reactive ketones (excluding diaryl/α,β-unsaturated/α-hetero) is 1. The van der Waals surface area contributed by atoms with Crippen molar-refractivity contribution in [2.45, 2.75) is 44.9 Å². The molecule has 0 saturated carbocycles. The van der Waals surface area contributed by atoms with Crippen LogP contribution in [0.4, 0.5) is 0 Å². The molecular weight excluding hydrogens is 276 g/mol. The van der Waals surface area contributed by atoms with Crippen molar-refractivity contribution < 1.29 is 4.79 Å². The van der Waals surface area contributed by atoms with Crippen molar-refractivity contribution in [3.05, 3.63) is 35.9 Å². The van der Waals surface area contributed by atoms with Crippen molar-refractivity contribution in [2.75, 3.05) is 0 Å². The number of carbonyl (C=O) groups excluding carboxylic acids is 1. The molecule has 0 fully saturated rings. The second-order valence-electron chi connectivity index (χ2n) is 5.46. The van der Waals surface area contributed by atoms with Crippen LogP contribution in [0.15, 0.2) is 30.3 Å². The molecule has 0 spiro atoms. The van der Waals surface area contributed by atoms with E-state index in [1.54, 1.807) is 0 Å². The molecule has 0 N–H and O–H groups in total. The highest BCUT2D eigenvalue weighted by molar-refractivity contribution is 9.10. The zero-order valence-corrected chi connectivity index (χ0v) is 12.5. The monoisotopic (exact) mass is 296 g/mol. The van der Waals surface area contributed by atoms with E-state index in [0.717, 1.165) is 19.3 Å². The van der Waals surface area contributed by atoms with E-state index in [1.807, 2.05) is 26.8 Å². The van der Waals surface area contributed by atoms with Gasteiger partial charge in [0.2, 0.25) is 0 Å². The molecule has 0 aliphatic carbocycles. The number of benzene rings is 1. The van der Waals surface area contributed by atoms with Gasteiger partial charge in [0.05, 0.1) is 4.83 Å². The molecule has 2 heteroatoms. The maximum Gasteiger partial charge on any atom is 0.151 e. The smallest absolute Gasteiger partial charge is 0.151 e. The Morgan fingerprint density at radius 3 is 2.35 bits per heavy atom. The SMILES string of the molecule is CC(C)(C)C(=O)C(Br)CCCc1ccccc1. The third kappa shape index (κ3) is 5.03. The maximum atomic E-state index is 12.0. The molecular formula is C15H21BrO. The number of aryl methyl sites for hydroxylation is 1. The van der Waals surface area contributed by atoms with E-state index in [4.69, 9.17) is 0 Å². The van der Waals surface area contributed by atoms with Crippen molar-refractivity contribution >= 4 is 21.7 Å². The number of carbonyl (C=O) groups is 1. The minimum atomic E-state index is -0.249. The summed E-state index contributed by atoms with van der Waals surface area (Å²) in [7, 11) is 0. The lowest BCUT2D eigenvalue weighted by atomic mass is 9.87. The minimum Gasteiger partial charge on any atom is -0.298 e. The summed E-state index contributed by atoms with van der Waals surface area (Å²) < 4.78 is 0. The normalized spacial score (nSPS) is 13.4. The van der Waals surface area contributed by atoms with E-state index in [0.29, 0.717) is 5.78 Å². The van der Waals surface area contributed by atoms with Crippen LogP contribution in [0, 0.1) is 5.41 Å². The van der Waals surface area contributed by atoms with Crippen LogP contribution in [0.5, 0.6) is 0 Å². The summed E-state index contributed by atoms with van der Waals surface area (Å²) in [5, 5.41) is 0. The molecule has 0 aliphatic heterocycles. The van der Waals surface area contributed by atoms with Crippen molar-refractivity contribution in [1.82, 2.24) is 0 Å². The van der Waals surface area contributed by atoms with Gasteiger partial charge in [0.1, 0.15) is 0 Å². The zero-order valence-electron chi connectivity index (χ0n) is 10.9. The first-order chi connectivity index (χ1) is 7.91. The number of hydrogen-bond acceptors (Lipinski definition) is 1. The first-order valence-corrected chi connectivity index (χ1v) is 7.05. The van der Waals surface area contributed by atoms with Crippen LogP contribution in [0.3, 0.4) is 0 Å². The van der Waals surface area contributed by atoms with Crippen molar-refractivity contribution in [1.29, 1.82) is 0 Å². The third-order valence-electron chi connectivity index (χ3n) is 2.79. The summed E-state index contributed by atoms with van der Waals surface area (Å²) in [5.74, 6) is 0.297. The van der Waals surface area contributed by atoms with Crippen LogP contribution in [0.2, 0.25) is 0 Å². The van der Waals surface area contributed by atoms with Gasteiger partial charge in [0.25, 0.3) is 0 Å². The molecule has 1 atom stereocenters. The van der Waals surface area contributed by atoms with Gasteiger partial charge in [0.15, 0.2) is 5.78 Å². The third-order valence-corrected chi connectivity index (χ3v) is 3.66. The Bertz CT molecular complexity index is 351. The summed E-state index contributed by atoms with van der Waals surface area (Å²) in [4.78, 5) is 12.0. The van der Waals surface area contributed by atoms with E-state index in [9.17, 15) is 4.79 Å². The molecule has 1 rings (SSSR count). The van der Waals surface area contributed by atoms with Crippen LogP contribution in [-0.2, 0) is 11.2 Å². The zero-order chi connectivity index (χ0) is 12.9. The largest absolute Gasteiger partial charge is 0.298 e. The highest BCUT2D eigenvalue weighted by Gasteiger charge is 2.27. The summed E-state index contributed by atoms with van der Waals surface area (Å²) in [5.41, 5.74) is 1.09. The van der Waals surface area contributed by atoms with Crippen LogP contribution < -0.4 is 0 Å². The summed E-state index contributed by atoms with van der Waals surface area (Å²) in [6, 6.07) is 10.4. The van der Waals surface area contributed by atoms with Crippen LogP contribution in [0.1, 0.15) is 39.2 Å². The van der Waals surface area contributed by atoms with E-state index >= 15 is 0 Å². The molecule has 1 nitrogen and oxygen atoms in total. The van der Waals surface area contributed by atoms with E-state index in [1.165, 1.54) is 5.56 Å². The summed E-state index contributed by atoms with van der Waals surface area (Å²) >= 11 is 3.50. The second-order valence-corrected chi connectivity index (χ2v) is 6.56. The number of alkyl halides is 1. The molecule has 0 aromatic heterocycles. The Morgan fingerprint density at radius 2 is 1.82 bits per heavy atom. The summed E-state index contributed by atoms with van der Waals surface area (Å²) in [6.07, 6.45) is 2.99. The molecule has 1 aromatic carbocycles. The standard InChI is InChI=1S/C15H21BrO/c1-15(2,3)14(17)13(16)11-7-10-12-8-5-4-6-9-12/h4-6,8-9,13H,7,10-11H2,1-3H3. The van der Waals surface area contributed by atoms with Gasteiger partial charge in [-0.15, -0.1) is 0 Å². The number of ketones is 1. The average molecular weight is 297 g/mol. The van der Waals surface area contributed by atoms with E-state index in [2.05, 4.69) is 40.2 Å².